The second kappa shape index (κ2) is 5.41. The largest absolute Gasteiger partial charge is 0.350 e. The van der Waals surface area contributed by atoms with Gasteiger partial charge < -0.3 is 10.6 Å². The molecular formula is C14H20N2OS. The smallest absolute Gasteiger partial charge is 0.252 e. The van der Waals surface area contributed by atoms with Crippen LogP contribution >= 0.6 is 11.3 Å². The van der Waals surface area contributed by atoms with Crippen molar-refractivity contribution in [2.75, 3.05) is 13.1 Å². The van der Waals surface area contributed by atoms with E-state index in [1.807, 2.05) is 5.38 Å². The van der Waals surface area contributed by atoms with Gasteiger partial charge in [-0.15, -0.1) is 11.3 Å². The minimum absolute atomic E-state index is 0.128. The molecule has 2 aliphatic rings. The predicted molar refractivity (Wildman–Crippen MR) is 74.3 cm³/mol. The van der Waals surface area contributed by atoms with Crippen LogP contribution in [0.2, 0.25) is 0 Å². The monoisotopic (exact) mass is 264 g/mol. The summed E-state index contributed by atoms with van der Waals surface area (Å²) in [7, 11) is 0. The molecule has 0 spiro atoms. The molecule has 1 amide bonds. The zero-order chi connectivity index (χ0) is 12.4. The number of carbonyl (C=O) groups excluding carboxylic acids is 1. The first-order chi connectivity index (χ1) is 8.84. The molecule has 1 saturated heterocycles. The van der Waals surface area contributed by atoms with Gasteiger partial charge in [0.25, 0.3) is 5.91 Å². The van der Waals surface area contributed by atoms with E-state index in [-0.39, 0.29) is 5.91 Å². The van der Waals surface area contributed by atoms with Crippen LogP contribution in [0, 0.1) is 0 Å². The van der Waals surface area contributed by atoms with Gasteiger partial charge in [-0.25, -0.2) is 0 Å². The van der Waals surface area contributed by atoms with Crippen molar-refractivity contribution in [3.63, 3.8) is 0 Å². The Kier molecular flexibility index (Phi) is 3.66. The van der Waals surface area contributed by atoms with E-state index in [1.165, 1.54) is 36.1 Å². The van der Waals surface area contributed by atoms with Crippen molar-refractivity contribution >= 4 is 17.2 Å². The molecule has 18 heavy (non-hydrogen) atoms. The van der Waals surface area contributed by atoms with E-state index >= 15 is 0 Å². The summed E-state index contributed by atoms with van der Waals surface area (Å²) in [6.45, 7) is 1.86. The molecule has 1 aromatic rings. The molecule has 1 aliphatic heterocycles. The fraction of sp³-hybridized carbons (Fsp3) is 0.643. The highest BCUT2D eigenvalue weighted by molar-refractivity contribution is 7.10. The van der Waals surface area contributed by atoms with Gasteiger partial charge in [0.15, 0.2) is 0 Å². The molecule has 3 rings (SSSR count). The second-order valence-corrected chi connectivity index (χ2v) is 6.23. The summed E-state index contributed by atoms with van der Waals surface area (Å²) in [5, 5.41) is 8.54. The number of nitrogens with one attached hydrogen (secondary N) is 2. The minimum atomic E-state index is 0.128. The van der Waals surface area contributed by atoms with Crippen molar-refractivity contribution in [1.29, 1.82) is 0 Å². The van der Waals surface area contributed by atoms with Crippen LogP contribution < -0.4 is 10.6 Å². The van der Waals surface area contributed by atoms with Gasteiger partial charge in [-0.3, -0.25) is 4.79 Å². The molecule has 2 heterocycles. The van der Waals surface area contributed by atoms with Crippen LogP contribution in [-0.4, -0.2) is 25.0 Å². The quantitative estimate of drug-likeness (QED) is 0.878. The van der Waals surface area contributed by atoms with Gasteiger partial charge in [0.05, 0.1) is 5.56 Å². The number of aryl methyl sites for hydroxylation is 1. The standard InChI is InChI=1S/C14H20N2OS/c17-14(16-8-10-4-3-7-15-10)12-9-18-13-6-2-1-5-11(12)13/h9-10,15H,1-8H2,(H,16,17). The van der Waals surface area contributed by atoms with Gasteiger partial charge in [0.2, 0.25) is 0 Å². The summed E-state index contributed by atoms with van der Waals surface area (Å²) < 4.78 is 0. The molecule has 1 fully saturated rings. The van der Waals surface area contributed by atoms with E-state index < -0.39 is 0 Å². The van der Waals surface area contributed by atoms with Gasteiger partial charge in [-0.1, -0.05) is 0 Å². The molecular weight excluding hydrogens is 244 g/mol. The molecule has 98 valence electrons. The van der Waals surface area contributed by atoms with Crippen molar-refractivity contribution in [2.24, 2.45) is 0 Å². The van der Waals surface area contributed by atoms with E-state index in [4.69, 9.17) is 0 Å². The summed E-state index contributed by atoms with van der Waals surface area (Å²) in [6.07, 6.45) is 7.17. The topological polar surface area (TPSA) is 41.1 Å². The lowest BCUT2D eigenvalue weighted by Gasteiger charge is -2.14. The number of fused-ring (bicyclic) bond motifs is 1. The van der Waals surface area contributed by atoms with E-state index in [0.29, 0.717) is 6.04 Å². The highest BCUT2D eigenvalue weighted by Gasteiger charge is 2.21. The third-order valence-corrected chi connectivity index (χ3v) is 5.07. The summed E-state index contributed by atoms with van der Waals surface area (Å²) in [4.78, 5) is 13.6. The first-order valence-electron chi connectivity index (χ1n) is 6.95. The van der Waals surface area contributed by atoms with Crippen molar-refractivity contribution in [1.82, 2.24) is 10.6 Å². The van der Waals surface area contributed by atoms with Crippen molar-refractivity contribution in [2.45, 2.75) is 44.6 Å². The Morgan fingerprint density at radius 2 is 2.28 bits per heavy atom. The molecule has 0 aromatic carbocycles. The molecule has 3 nitrogen and oxygen atoms in total. The van der Waals surface area contributed by atoms with Gasteiger partial charge in [0, 0.05) is 22.8 Å². The molecule has 0 radical (unpaired) electrons. The van der Waals surface area contributed by atoms with Crippen LogP contribution in [0.25, 0.3) is 0 Å². The van der Waals surface area contributed by atoms with E-state index in [0.717, 1.165) is 31.5 Å². The van der Waals surface area contributed by atoms with Crippen molar-refractivity contribution in [3.8, 4) is 0 Å². The van der Waals surface area contributed by atoms with Gasteiger partial charge >= 0.3 is 0 Å². The molecule has 0 bridgehead atoms. The second-order valence-electron chi connectivity index (χ2n) is 5.26. The lowest BCUT2D eigenvalue weighted by atomic mass is 9.95. The Hall–Kier alpha value is -0.870. The van der Waals surface area contributed by atoms with Crippen molar-refractivity contribution < 1.29 is 4.79 Å². The van der Waals surface area contributed by atoms with Crippen LogP contribution in [0.1, 0.15) is 46.5 Å². The number of thiophene rings is 1. The zero-order valence-electron chi connectivity index (χ0n) is 10.6. The maximum atomic E-state index is 12.2. The first kappa shape index (κ1) is 12.2. The van der Waals surface area contributed by atoms with Gasteiger partial charge in [-0.2, -0.15) is 0 Å². The maximum absolute atomic E-state index is 12.2. The number of carbonyl (C=O) groups is 1. The zero-order valence-corrected chi connectivity index (χ0v) is 11.4. The molecule has 1 aliphatic carbocycles. The van der Waals surface area contributed by atoms with Crippen LogP contribution in [0.3, 0.4) is 0 Å². The third-order valence-electron chi connectivity index (χ3n) is 3.98. The Balaban J connectivity index is 1.63. The molecule has 2 N–H and O–H groups in total. The fourth-order valence-electron chi connectivity index (χ4n) is 2.93. The summed E-state index contributed by atoms with van der Waals surface area (Å²) >= 11 is 1.76. The fourth-order valence-corrected chi connectivity index (χ4v) is 4.05. The first-order valence-corrected chi connectivity index (χ1v) is 7.83. The Labute approximate surface area is 112 Å². The number of hydrogen-bond donors (Lipinski definition) is 2. The molecule has 4 heteroatoms. The highest BCUT2D eigenvalue weighted by atomic mass is 32.1. The van der Waals surface area contributed by atoms with E-state index in [1.54, 1.807) is 11.3 Å². The van der Waals surface area contributed by atoms with Crippen LogP contribution in [0.15, 0.2) is 5.38 Å². The Morgan fingerprint density at radius 3 is 3.11 bits per heavy atom. The number of hydrogen-bond acceptors (Lipinski definition) is 3. The maximum Gasteiger partial charge on any atom is 0.252 e. The van der Waals surface area contributed by atoms with Crippen LogP contribution in [0.5, 0.6) is 0 Å². The molecule has 1 unspecified atom stereocenters. The van der Waals surface area contributed by atoms with Crippen molar-refractivity contribution in [3.05, 3.63) is 21.4 Å². The predicted octanol–water partition coefficient (Wildman–Crippen LogP) is 2.11. The lowest BCUT2D eigenvalue weighted by Crippen LogP contribution is -2.37. The molecule has 0 saturated carbocycles. The van der Waals surface area contributed by atoms with E-state index in [9.17, 15) is 4.79 Å². The normalized spacial score (nSPS) is 22.8. The number of rotatable bonds is 3. The minimum Gasteiger partial charge on any atom is -0.350 e. The summed E-state index contributed by atoms with van der Waals surface area (Å²) in [5.41, 5.74) is 2.26. The molecule has 1 atom stereocenters. The molecule has 1 aromatic heterocycles. The summed E-state index contributed by atoms with van der Waals surface area (Å²) in [6, 6.07) is 0.475. The average molecular weight is 264 g/mol. The lowest BCUT2D eigenvalue weighted by molar-refractivity contribution is 0.0949. The van der Waals surface area contributed by atoms with E-state index in [2.05, 4.69) is 10.6 Å². The third kappa shape index (κ3) is 2.45. The average Bonchev–Trinajstić information content (AvgIpc) is 3.05. The summed E-state index contributed by atoms with van der Waals surface area (Å²) in [5.74, 6) is 0.128. The number of amides is 1. The Morgan fingerprint density at radius 1 is 1.39 bits per heavy atom. The Bertz CT molecular complexity index is 435. The van der Waals surface area contributed by atoms with Crippen LogP contribution in [-0.2, 0) is 12.8 Å². The van der Waals surface area contributed by atoms with Crippen LogP contribution in [0.4, 0.5) is 0 Å². The SMILES string of the molecule is O=C(NCC1CCCN1)c1csc2c1CCCC2. The van der Waals surface area contributed by atoms with Gasteiger partial charge in [-0.05, 0) is 50.6 Å². The highest BCUT2D eigenvalue weighted by Crippen LogP contribution is 2.30. The van der Waals surface area contributed by atoms with Gasteiger partial charge in [0.1, 0.15) is 0 Å².